The highest BCUT2D eigenvalue weighted by Crippen LogP contribution is 2.35. The van der Waals surface area contributed by atoms with E-state index in [9.17, 15) is 14.9 Å². The summed E-state index contributed by atoms with van der Waals surface area (Å²) < 4.78 is 0. The zero-order valence-electron chi connectivity index (χ0n) is 10.1. The average molecular weight is 283 g/mol. The van der Waals surface area contributed by atoms with E-state index in [1.807, 2.05) is 0 Å². The summed E-state index contributed by atoms with van der Waals surface area (Å²) in [6.07, 6.45) is 0.231. The Morgan fingerprint density at radius 3 is 2.79 bits per heavy atom. The van der Waals surface area contributed by atoms with Gasteiger partial charge in [0.2, 0.25) is 0 Å². The largest absolute Gasteiger partial charge is 0.481 e. The number of H-pyrrole nitrogens is 1. The number of nitro groups is 1. The summed E-state index contributed by atoms with van der Waals surface area (Å²) in [5.41, 5.74) is 1.69. The Hall–Kier alpha value is -2.08. The molecule has 0 spiro atoms. The number of hydrogen-bond donors (Lipinski definition) is 2. The second-order valence-electron chi connectivity index (χ2n) is 4.20. The van der Waals surface area contributed by atoms with Crippen LogP contribution in [0, 0.1) is 17.0 Å². The van der Waals surface area contributed by atoms with Crippen molar-refractivity contribution in [3.8, 4) is 0 Å². The Morgan fingerprint density at radius 1 is 1.53 bits per heavy atom. The summed E-state index contributed by atoms with van der Waals surface area (Å²) in [4.78, 5) is 24.0. The highest BCUT2D eigenvalue weighted by molar-refractivity contribution is 6.36. The molecule has 1 heterocycles. The van der Waals surface area contributed by atoms with Crippen LogP contribution in [0.15, 0.2) is 12.1 Å². The summed E-state index contributed by atoms with van der Waals surface area (Å²) in [5.74, 6) is -0.921. The fourth-order valence-corrected chi connectivity index (χ4v) is 2.41. The lowest BCUT2D eigenvalue weighted by molar-refractivity contribution is -0.383. The van der Waals surface area contributed by atoms with Crippen LogP contribution in [0.1, 0.15) is 17.7 Å². The molecule has 0 aliphatic heterocycles. The Bertz CT molecular complexity index is 678. The number of hydrogen-bond acceptors (Lipinski definition) is 3. The number of fused-ring (bicyclic) bond motifs is 1. The van der Waals surface area contributed by atoms with Crippen molar-refractivity contribution in [2.45, 2.75) is 19.8 Å². The van der Waals surface area contributed by atoms with Crippen LogP contribution in [-0.2, 0) is 11.2 Å². The monoisotopic (exact) mass is 282 g/mol. The van der Waals surface area contributed by atoms with Crippen LogP contribution in [0.4, 0.5) is 5.69 Å². The molecule has 19 heavy (non-hydrogen) atoms. The van der Waals surface area contributed by atoms with E-state index in [1.54, 1.807) is 6.92 Å². The van der Waals surface area contributed by atoms with E-state index in [1.165, 1.54) is 12.1 Å². The van der Waals surface area contributed by atoms with Gasteiger partial charge in [-0.25, -0.2) is 0 Å². The first-order chi connectivity index (χ1) is 8.91. The number of aromatic amines is 1. The third-order valence-corrected chi connectivity index (χ3v) is 3.30. The fourth-order valence-electron chi connectivity index (χ4n) is 2.13. The highest BCUT2D eigenvalue weighted by atomic mass is 35.5. The number of halogens is 1. The quantitative estimate of drug-likeness (QED) is 0.665. The first-order valence-corrected chi connectivity index (χ1v) is 5.95. The van der Waals surface area contributed by atoms with Crippen LogP contribution in [0.2, 0.25) is 5.02 Å². The van der Waals surface area contributed by atoms with Gasteiger partial charge in [0.25, 0.3) is 5.69 Å². The first kappa shape index (κ1) is 13.4. The summed E-state index contributed by atoms with van der Waals surface area (Å²) >= 11 is 6.08. The maximum absolute atomic E-state index is 11.0. The number of benzene rings is 1. The van der Waals surface area contributed by atoms with Gasteiger partial charge < -0.3 is 10.1 Å². The lowest BCUT2D eigenvalue weighted by Crippen LogP contribution is -1.98. The molecule has 2 aromatic rings. The number of aryl methyl sites for hydroxylation is 2. The molecule has 0 amide bonds. The van der Waals surface area contributed by atoms with Gasteiger partial charge in [0.1, 0.15) is 5.52 Å². The standard InChI is InChI=1S/C12H11ClN2O4/c1-6-7(2-5-10(16)17)11-8(13)3-4-9(15(18)19)12(11)14-6/h3-4,14H,2,5H2,1H3,(H,16,17). The Morgan fingerprint density at radius 2 is 2.21 bits per heavy atom. The van der Waals surface area contributed by atoms with Gasteiger partial charge in [-0.15, -0.1) is 0 Å². The minimum Gasteiger partial charge on any atom is -0.481 e. The number of aliphatic carboxylic acids is 1. The SMILES string of the molecule is Cc1[nH]c2c([N+](=O)[O-])ccc(Cl)c2c1CCC(=O)O. The summed E-state index contributed by atoms with van der Waals surface area (Å²) in [6, 6.07) is 2.79. The predicted molar refractivity (Wildman–Crippen MR) is 70.7 cm³/mol. The van der Waals surface area contributed by atoms with E-state index < -0.39 is 10.9 Å². The van der Waals surface area contributed by atoms with Gasteiger partial charge in [0.05, 0.1) is 9.95 Å². The maximum Gasteiger partial charge on any atom is 0.303 e. The topological polar surface area (TPSA) is 96.2 Å². The van der Waals surface area contributed by atoms with Crippen LogP contribution in [-0.4, -0.2) is 21.0 Å². The third-order valence-electron chi connectivity index (χ3n) is 2.99. The van der Waals surface area contributed by atoms with Crippen molar-refractivity contribution in [3.63, 3.8) is 0 Å². The van der Waals surface area contributed by atoms with Crippen LogP contribution in [0.3, 0.4) is 0 Å². The Balaban J connectivity index is 2.65. The molecule has 0 atom stereocenters. The molecule has 2 rings (SSSR count). The van der Waals surface area contributed by atoms with E-state index >= 15 is 0 Å². The van der Waals surface area contributed by atoms with E-state index in [0.717, 1.165) is 0 Å². The Labute approximate surface area is 113 Å². The Kier molecular flexibility index (Phi) is 3.44. The van der Waals surface area contributed by atoms with Crippen molar-refractivity contribution in [2.24, 2.45) is 0 Å². The van der Waals surface area contributed by atoms with Gasteiger partial charge in [-0.1, -0.05) is 11.6 Å². The van der Waals surface area contributed by atoms with Crippen molar-refractivity contribution in [3.05, 3.63) is 38.5 Å². The van der Waals surface area contributed by atoms with E-state index in [-0.39, 0.29) is 18.5 Å². The number of carbonyl (C=O) groups is 1. The van der Waals surface area contributed by atoms with Crippen LogP contribution < -0.4 is 0 Å². The number of nitro benzene ring substituents is 1. The molecule has 0 aliphatic carbocycles. The number of aromatic nitrogens is 1. The van der Waals surface area contributed by atoms with Gasteiger partial charge >= 0.3 is 5.97 Å². The molecule has 7 heteroatoms. The molecule has 0 bridgehead atoms. The molecule has 1 aromatic heterocycles. The number of nitrogens with one attached hydrogen (secondary N) is 1. The summed E-state index contributed by atoms with van der Waals surface area (Å²) in [6.45, 7) is 1.75. The number of nitrogens with zero attached hydrogens (tertiary/aromatic N) is 1. The van der Waals surface area contributed by atoms with E-state index in [0.29, 0.717) is 27.2 Å². The number of carboxylic acid groups (broad SMARTS) is 1. The van der Waals surface area contributed by atoms with E-state index in [2.05, 4.69) is 4.98 Å². The normalized spacial score (nSPS) is 10.8. The maximum atomic E-state index is 11.0. The number of rotatable bonds is 4. The molecule has 0 saturated carbocycles. The van der Waals surface area contributed by atoms with Gasteiger partial charge in [-0.3, -0.25) is 14.9 Å². The van der Waals surface area contributed by atoms with Crippen molar-refractivity contribution in [1.29, 1.82) is 0 Å². The fraction of sp³-hybridized carbons (Fsp3) is 0.250. The molecule has 0 unspecified atom stereocenters. The molecular formula is C12H11ClN2O4. The van der Waals surface area contributed by atoms with Gasteiger partial charge in [0, 0.05) is 23.6 Å². The van der Waals surface area contributed by atoms with Crippen LogP contribution >= 0.6 is 11.6 Å². The van der Waals surface area contributed by atoms with Gasteiger partial charge in [0.15, 0.2) is 0 Å². The van der Waals surface area contributed by atoms with Crippen LogP contribution in [0.25, 0.3) is 10.9 Å². The van der Waals surface area contributed by atoms with Crippen molar-refractivity contribution in [1.82, 2.24) is 4.98 Å². The number of non-ortho nitro benzene ring substituents is 1. The first-order valence-electron chi connectivity index (χ1n) is 5.57. The minimum absolute atomic E-state index is 0.0488. The van der Waals surface area contributed by atoms with Crippen molar-refractivity contribution in [2.75, 3.05) is 0 Å². The molecule has 1 aromatic carbocycles. The summed E-state index contributed by atoms with van der Waals surface area (Å²) in [7, 11) is 0. The minimum atomic E-state index is -0.921. The molecule has 0 radical (unpaired) electrons. The molecule has 2 N–H and O–H groups in total. The molecule has 100 valence electrons. The molecule has 6 nitrogen and oxygen atoms in total. The van der Waals surface area contributed by atoms with Crippen molar-refractivity contribution < 1.29 is 14.8 Å². The van der Waals surface area contributed by atoms with Crippen molar-refractivity contribution >= 4 is 34.2 Å². The third kappa shape index (κ3) is 2.39. The highest BCUT2D eigenvalue weighted by Gasteiger charge is 2.20. The second-order valence-corrected chi connectivity index (χ2v) is 4.60. The molecule has 0 fully saturated rings. The second kappa shape index (κ2) is 4.89. The predicted octanol–water partition coefficient (Wildman–Crippen LogP) is 3.06. The number of carboxylic acids is 1. The molecular weight excluding hydrogens is 272 g/mol. The van der Waals surface area contributed by atoms with E-state index in [4.69, 9.17) is 16.7 Å². The average Bonchev–Trinajstić information content (AvgIpc) is 2.63. The zero-order valence-corrected chi connectivity index (χ0v) is 10.8. The lowest BCUT2D eigenvalue weighted by atomic mass is 10.1. The summed E-state index contributed by atoms with van der Waals surface area (Å²) in [5, 5.41) is 20.6. The van der Waals surface area contributed by atoms with Gasteiger partial charge in [-0.05, 0) is 25.0 Å². The van der Waals surface area contributed by atoms with Crippen LogP contribution in [0.5, 0.6) is 0 Å². The zero-order chi connectivity index (χ0) is 14.2. The lowest BCUT2D eigenvalue weighted by Gasteiger charge is -2.01. The van der Waals surface area contributed by atoms with Gasteiger partial charge in [-0.2, -0.15) is 0 Å². The molecule has 0 aliphatic rings. The smallest absolute Gasteiger partial charge is 0.303 e. The molecule has 0 saturated heterocycles.